The van der Waals surface area contributed by atoms with Crippen molar-refractivity contribution in [2.75, 3.05) is 19.8 Å². The van der Waals surface area contributed by atoms with Crippen LogP contribution >= 0.6 is 0 Å². The lowest BCUT2D eigenvalue weighted by molar-refractivity contribution is -0.132. The van der Waals surface area contributed by atoms with E-state index in [9.17, 15) is 9.18 Å². The minimum Gasteiger partial charge on any atom is -0.490 e. The van der Waals surface area contributed by atoms with Crippen LogP contribution in [0.3, 0.4) is 0 Å². The molecule has 1 saturated heterocycles. The summed E-state index contributed by atoms with van der Waals surface area (Å²) < 4.78 is 29.9. The van der Waals surface area contributed by atoms with Gasteiger partial charge in [0.05, 0.1) is 19.3 Å². The number of hydrogen-bond donors (Lipinski definition) is 0. The summed E-state index contributed by atoms with van der Waals surface area (Å²) in [6.07, 6.45) is 3.38. The smallest absolute Gasteiger partial charge is 0.227 e. The number of rotatable bonds is 5. The third-order valence-electron chi connectivity index (χ3n) is 5.85. The second kappa shape index (κ2) is 8.98. The van der Waals surface area contributed by atoms with Gasteiger partial charge < -0.3 is 18.9 Å². The van der Waals surface area contributed by atoms with Gasteiger partial charge in [0.25, 0.3) is 0 Å². The van der Waals surface area contributed by atoms with Gasteiger partial charge in [-0.1, -0.05) is 11.2 Å². The van der Waals surface area contributed by atoms with Crippen LogP contribution in [0.4, 0.5) is 4.39 Å². The Balaban J connectivity index is 1.24. The summed E-state index contributed by atoms with van der Waals surface area (Å²) in [5.74, 6) is 2.02. The molecule has 3 aromatic rings. The first-order chi connectivity index (χ1) is 15.7. The molecule has 2 aromatic carbocycles. The van der Waals surface area contributed by atoms with Crippen molar-refractivity contribution in [2.24, 2.45) is 0 Å². The molecule has 0 bridgehead atoms. The molecule has 1 aromatic heterocycles. The molecule has 8 heteroatoms. The fraction of sp³-hybridized carbons (Fsp3) is 0.375. The van der Waals surface area contributed by atoms with Crippen molar-refractivity contribution in [1.82, 2.24) is 15.0 Å². The Labute approximate surface area is 185 Å². The van der Waals surface area contributed by atoms with E-state index < -0.39 is 0 Å². The predicted molar refractivity (Wildman–Crippen MR) is 114 cm³/mol. The molecule has 32 heavy (non-hydrogen) atoms. The maximum Gasteiger partial charge on any atom is 0.227 e. The normalized spacial score (nSPS) is 17.9. The van der Waals surface area contributed by atoms with E-state index in [1.807, 2.05) is 23.1 Å². The predicted octanol–water partition coefficient (Wildman–Crippen LogP) is 4.33. The zero-order valence-corrected chi connectivity index (χ0v) is 17.6. The summed E-state index contributed by atoms with van der Waals surface area (Å²) in [7, 11) is 0. The van der Waals surface area contributed by atoms with Gasteiger partial charge in [0.2, 0.25) is 17.6 Å². The number of carbonyl (C=O) groups excluding carboxylic acids is 1. The van der Waals surface area contributed by atoms with Crippen molar-refractivity contribution >= 4 is 5.91 Å². The average molecular weight is 437 g/mol. The van der Waals surface area contributed by atoms with Crippen LogP contribution in [0, 0.1) is 5.82 Å². The quantitative estimate of drug-likeness (QED) is 0.591. The van der Waals surface area contributed by atoms with Crippen molar-refractivity contribution in [1.29, 1.82) is 0 Å². The Morgan fingerprint density at radius 3 is 2.72 bits per heavy atom. The highest BCUT2D eigenvalue weighted by atomic mass is 19.1. The molecule has 2 aliphatic heterocycles. The molecule has 166 valence electrons. The monoisotopic (exact) mass is 437 g/mol. The highest BCUT2D eigenvalue weighted by Gasteiger charge is 2.30. The number of nitrogens with zero attached hydrogens (tertiary/aromatic N) is 3. The van der Waals surface area contributed by atoms with Crippen LogP contribution in [0.15, 0.2) is 47.0 Å². The van der Waals surface area contributed by atoms with E-state index in [0.29, 0.717) is 36.9 Å². The van der Waals surface area contributed by atoms with Gasteiger partial charge in [-0.2, -0.15) is 4.98 Å². The van der Waals surface area contributed by atoms with Gasteiger partial charge in [-0.25, -0.2) is 4.39 Å². The second-order valence-electron chi connectivity index (χ2n) is 8.02. The Kier molecular flexibility index (Phi) is 5.75. The van der Waals surface area contributed by atoms with Gasteiger partial charge in [0.15, 0.2) is 11.5 Å². The van der Waals surface area contributed by atoms with Gasteiger partial charge in [-0.3, -0.25) is 4.79 Å². The third kappa shape index (κ3) is 4.30. The maximum atomic E-state index is 13.1. The number of amides is 1. The van der Waals surface area contributed by atoms with Gasteiger partial charge >= 0.3 is 0 Å². The number of likely N-dealkylation sites (tertiary alicyclic amines) is 1. The van der Waals surface area contributed by atoms with E-state index >= 15 is 0 Å². The Bertz CT molecular complexity index is 1100. The Morgan fingerprint density at radius 2 is 1.88 bits per heavy atom. The lowest BCUT2D eigenvalue weighted by Crippen LogP contribution is -2.30. The third-order valence-corrected chi connectivity index (χ3v) is 5.85. The number of aromatic nitrogens is 2. The minimum atomic E-state index is -0.322. The fourth-order valence-electron chi connectivity index (χ4n) is 4.23. The van der Waals surface area contributed by atoms with Crippen molar-refractivity contribution in [3.63, 3.8) is 0 Å². The SMILES string of the molecule is O=C(CCc1nc(-c2ccc(F)cc2)no1)N1CCC[C@H]1c1ccc2c(c1)OCCCO2. The number of carbonyl (C=O) groups is 1. The molecule has 0 N–H and O–H groups in total. The molecule has 2 aliphatic rings. The summed E-state index contributed by atoms with van der Waals surface area (Å²) in [5, 5.41) is 3.94. The molecule has 0 radical (unpaired) electrons. The number of ether oxygens (including phenoxy) is 2. The maximum absolute atomic E-state index is 13.1. The van der Waals surface area contributed by atoms with Crippen LogP contribution in [0.25, 0.3) is 11.4 Å². The molecule has 1 amide bonds. The van der Waals surface area contributed by atoms with E-state index in [0.717, 1.165) is 42.9 Å². The van der Waals surface area contributed by atoms with E-state index in [1.165, 1.54) is 12.1 Å². The lowest BCUT2D eigenvalue weighted by Gasteiger charge is -2.25. The number of halogens is 1. The molecule has 0 spiro atoms. The standard InChI is InChI=1S/C24H24FN3O4/c25-18-7-4-16(5-8-18)24-26-22(32-27-24)10-11-23(29)28-12-1-3-19(28)17-6-9-20-21(15-17)31-14-2-13-30-20/h4-9,15,19H,1-3,10-14H2/t19-/m0/s1. The number of fused-ring (bicyclic) bond motifs is 1. The first-order valence-electron chi connectivity index (χ1n) is 10.9. The van der Waals surface area contributed by atoms with E-state index in [2.05, 4.69) is 10.1 Å². The zero-order chi connectivity index (χ0) is 21.9. The first kappa shape index (κ1) is 20.5. The lowest BCUT2D eigenvalue weighted by atomic mass is 10.0. The van der Waals surface area contributed by atoms with Crippen LogP contribution in [-0.4, -0.2) is 40.7 Å². The molecule has 0 saturated carbocycles. The van der Waals surface area contributed by atoms with Crippen LogP contribution < -0.4 is 9.47 Å². The molecule has 1 fully saturated rings. The van der Waals surface area contributed by atoms with Crippen molar-refractivity contribution < 1.29 is 23.2 Å². The summed E-state index contributed by atoms with van der Waals surface area (Å²) in [6, 6.07) is 11.9. The van der Waals surface area contributed by atoms with Gasteiger partial charge in [0.1, 0.15) is 5.82 Å². The second-order valence-corrected chi connectivity index (χ2v) is 8.02. The van der Waals surface area contributed by atoms with Gasteiger partial charge in [-0.15, -0.1) is 0 Å². The Morgan fingerprint density at radius 1 is 1.06 bits per heavy atom. The Hall–Kier alpha value is -3.42. The summed E-state index contributed by atoms with van der Waals surface area (Å²) in [6.45, 7) is 2.01. The van der Waals surface area contributed by atoms with Crippen molar-refractivity contribution in [3.8, 4) is 22.9 Å². The van der Waals surface area contributed by atoms with Gasteiger partial charge in [0, 0.05) is 31.4 Å². The molecular formula is C24H24FN3O4. The topological polar surface area (TPSA) is 77.7 Å². The number of hydrogen-bond acceptors (Lipinski definition) is 6. The average Bonchev–Trinajstić information content (AvgIpc) is 3.43. The highest BCUT2D eigenvalue weighted by Crippen LogP contribution is 2.38. The molecule has 5 rings (SSSR count). The molecule has 1 atom stereocenters. The van der Waals surface area contributed by atoms with Gasteiger partial charge in [-0.05, 0) is 54.8 Å². The summed E-state index contributed by atoms with van der Waals surface area (Å²) in [5.41, 5.74) is 1.73. The van der Waals surface area contributed by atoms with Crippen molar-refractivity contribution in [3.05, 3.63) is 59.7 Å². The van der Waals surface area contributed by atoms with Crippen molar-refractivity contribution in [2.45, 2.75) is 38.1 Å². The number of benzene rings is 2. The minimum absolute atomic E-state index is 0.0251. The fourth-order valence-corrected chi connectivity index (χ4v) is 4.23. The molecule has 0 aliphatic carbocycles. The van der Waals surface area contributed by atoms with Crippen LogP contribution in [-0.2, 0) is 11.2 Å². The summed E-state index contributed by atoms with van der Waals surface area (Å²) in [4.78, 5) is 19.3. The first-order valence-corrected chi connectivity index (χ1v) is 10.9. The van der Waals surface area contributed by atoms with Crippen LogP contribution in [0.2, 0.25) is 0 Å². The molecule has 7 nitrogen and oxygen atoms in total. The summed E-state index contributed by atoms with van der Waals surface area (Å²) >= 11 is 0. The molecular weight excluding hydrogens is 413 g/mol. The highest BCUT2D eigenvalue weighted by molar-refractivity contribution is 5.77. The molecule has 3 heterocycles. The number of aryl methyl sites for hydroxylation is 1. The zero-order valence-electron chi connectivity index (χ0n) is 17.6. The van der Waals surface area contributed by atoms with E-state index in [4.69, 9.17) is 14.0 Å². The van der Waals surface area contributed by atoms with Crippen LogP contribution in [0.5, 0.6) is 11.5 Å². The van der Waals surface area contributed by atoms with E-state index in [-0.39, 0.29) is 24.2 Å². The largest absolute Gasteiger partial charge is 0.490 e. The van der Waals surface area contributed by atoms with Crippen LogP contribution in [0.1, 0.15) is 43.2 Å². The van der Waals surface area contributed by atoms with E-state index in [1.54, 1.807) is 12.1 Å². The molecule has 0 unspecified atom stereocenters.